The standard InChI is InChI=1S/C11H18O7/c1-4-5-8(14)11(18-17-7(3)13)10(16)9(15)6(2)12/h4,6,9-12,15-16H,1,5H2,2-3H3/t6-,9+,10+,11+/m1/s1. The van der Waals surface area contributed by atoms with Gasteiger partial charge in [-0.25, -0.2) is 4.79 Å². The van der Waals surface area contributed by atoms with Gasteiger partial charge in [-0.3, -0.25) is 9.68 Å². The molecule has 7 nitrogen and oxygen atoms in total. The zero-order valence-corrected chi connectivity index (χ0v) is 10.3. The predicted molar refractivity (Wildman–Crippen MR) is 60.2 cm³/mol. The Kier molecular flexibility index (Phi) is 7.37. The second-order valence-electron chi connectivity index (χ2n) is 3.77. The molecule has 0 aromatic heterocycles. The van der Waals surface area contributed by atoms with E-state index in [0.717, 1.165) is 6.92 Å². The zero-order valence-electron chi connectivity index (χ0n) is 10.3. The lowest BCUT2D eigenvalue weighted by Crippen LogP contribution is -2.48. The van der Waals surface area contributed by atoms with E-state index in [9.17, 15) is 19.8 Å². The third-order valence-electron chi connectivity index (χ3n) is 2.09. The number of rotatable bonds is 8. The molecule has 0 radical (unpaired) electrons. The van der Waals surface area contributed by atoms with Crippen LogP contribution in [0.3, 0.4) is 0 Å². The predicted octanol–water partition coefficient (Wildman–Crippen LogP) is -0.903. The van der Waals surface area contributed by atoms with E-state index in [2.05, 4.69) is 16.4 Å². The van der Waals surface area contributed by atoms with Gasteiger partial charge < -0.3 is 15.3 Å². The van der Waals surface area contributed by atoms with Crippen LogP contribution in [0.15, 0.2) is 12.7 Å². The van der Waals surface area contributed by atoms with E-state index in [1.165, 1.54) is 13.0 Å². The summed E-state index contributed by atoms with van der Waals surface area (Å²) in [6, 6.07) is 0. The molecule has 18 heavy (non-hydrogen) atoms. The van der Waals surface area contributed by atoms with Gasteiger partial charge in [-0.05, 0) is 6.92 Å². The number of Topliss-reactive ketones (excluding diaryl/α,β-unsaturated/α-hetero) is 1. The van der Waals surface area contributed by atoms with Gasteiger partial charge in [0.1, 0.15) is 12.2 Å². The lowest BCUT2D eigenvalue weighted by molar-refractivity contribution is -0.308. The molecule has 104 valence electrons. The van der Waals surface area contributed by atoms with Crippen LogP contribution in [0.4, 0.5) is 0 Å². The molecule has 0 spiro atoms. The molecule has 0 aromatic carbocycles. The van der Waals surface area contributed by atoms with Crippen LogP contribution in [0.2, 0.25) is 0 Å². The second-order valence-corrected chi connectivity index (χ2v) is 3.77. The SMILES string of the molecule is C=CCC(=O)[C@H](OOC(C)=O)[C@@H](O)[C@@H](O)[C@@H](C)O. The number of carbonyl (C=O) groups excluding carboxylic acids is 2. The van der Waals surface area contributed by atoms with E-state index in [1.54, 1.807) is 0 Å². The average Bonchev–Trinajstić information content (AvgIpc) is 2.27. The minimum atomic E-state index is -1.73. The van der Waals surface area contributed by atoms with E-state index >= 15 is 0 Å². The molecule has 0 aliphatic heterocycles. The molecule has 0 saturated carbocycles. The van der Waals surface area contributed by atoms with Crippen LogP contribution in [0.5, 0.6) is 0 Å². The normalized spacial score (nSPS) is 17.4. The van der Waals surface area contributed by atoms with Crippen molar-refractivity contribution >= 4 is 11.8 Å². The quantitative estimate of drug-likeness (QED) is 0.295. The van der Waals surface area contributed by atoms with Gasteiger partial charge in [0, 0.05) is 13.3 Å². The molecule has 0 bridgehead atoms. The number of hydrogen-bond donors (Lipinski definition) is 3. The molecule has 0 aliphatic rings. The molecular formula is C11H18O7. The van der Waals surface area contributed by atoms with E-state index in [0.29, 0.717) is 0 Å². The molecule has 3 N–H and O–H groups in total. The summed E-state index contributed by atoms with van der Waals surface area (Å²) < 4.78 is 0. The summed E-state index contributed by atoms with van der Waals surface area (Å²) >= 11 is 0. The fraction of sp³-hybridized carbons (Fsp3) is 0.636. The molecule has 7 heteroatoms. The van der Waals surface area contributed by atoms with Crippen LogP contribution in [0, 0.1) is 0 Å². The van der Waals surface area contributed by atoms with E-state index < -0.39 is 36.2 Å². The van der Waals surface area contributed by atoms with E-state index in [-0.39, 0.29) is 6.42 Å². The van der Waals surface area contributed by atoms with Crippen molar-refractivity contribution in [1.82, 2.24) is 0 Å². The van der Waals surface area contributed by atoms with Gasteiger partial charge in [0.05, 0.1) is 6.10 Å². The molecule has 0 saturated heterocycles. The van der Waals surface area contributed by atoms with Crippen molar-refractivity contribution in [2.45, 2.75) is 44.7 Å². The maximum atomic E-state index is 11.6. The topological polar surface area (TPSA) is 113 Å². The van der Waals surface area contributed by atoms with Crippen molar-refractivity contribution in [2.75, 3.05) is 0 Å². The lowest BCUT2D eigenvalue weighted by Gasteiger charge is -2.25. The average molecular weight is 262 g/mol. The van der Waals surface area contributed by atoms with Gasteiger partial charge in [-0.2, -0.15) is 4.89 Å². The molecule has 0 heterocycles. The number of aliphatic hydroxyl groups excluding tert-OH is 3. The van der Waals surface area contributed by atoms with Crippen LogP contribution in [-0.2, 0) is 19.4 Å². The molecule has 0 amide bonds. The summed E-state index contributed by atoms with van der Waals surface area (Å²) in [5.74, 6) is -1.46. The summed E-state index contributed by atoms with van der Waals surface area (Å²) in [5, 5.41) is 28.3. The van der Waals surface area contributed by atoms with Crippen LogP contribution in [0.25, 0.3) is 0 Å². The molecule has 0 aliphatic carbocycles. The highest BCUT2D eigenvalue weighted by Crippen LogP contribution is 2.12. The number of aliphatic hydroxyl groups is 3. The van der Waals surface area contributed by atoms with Crippen molar-refractivity contribution in [2.24, 2.45) is 0 Å². The first-order valence-corrected chi connectivity index (χ1v) is 5.33. The van der Waals surface area contributed by atoms with E-state index in [4.69, 9.17) is 5.11 Å². The number of ketones is 1. The summed E-state index contributed by atoms with van der Waals surface area (Å²) in [6.45, 7) is 5.62. The Bertz CT molecular complexity index is 300. The van der Waals surface area contributed by atoms with Gasteiger partial charge in [0.2, 0.25) is 0 Å². The number of hydrogen-bond acceptors (Lipinski definition) is 7. The molecule has 0 unspecified atom stereocenters. The van der Waals surface area contributed by atoms with Crippen molar-refractivity contribution < 1.29 is 34.7 Å². The van der Waals surface area contributed by atoms with Crippen molar-refractivity contribution in [1.29, 1.82) is 0 Å². The zero-order chi connectivity index (χ0) is 14.3. The van der Waals surface area contributed by atoms with Gasteiger partial charge >= 0.3 is 5.97 Å². The third-order valence-corrected chi connectivity index (χ3v) is 2.09. The maximum absolute atomic E-state index is 11.6. The Morgan fingerprint density at radius 1 is 1.28 bits per heavy atom. The first-order valence-electron chi connectivity index (χ1n) is 5.33. The van der Waals surface area contributed by atoms with Gasteiger partial charge in [0.25, 0.3) is 0 Å². The summed E-state index contributed by atoms with van der Waals surface area (Å²) in [6.07, 6.45) is -5.07. The van der Waals surface area contributed by atoms with Gasteiger partial charge in [-0.1, -0.05) is 6.08 Å². The van der Waals surface area contributed by atoms with Crippen molar-refractivity contribution in [3.05, 3.63) is 12.7 Å². The Balaban J connectivity index is 4.77. The Hall–Kier alpha value is -1.28. The first-order chi connectivity index (χ1) is 8.31. The first kappa shape index (κ1) is 16.7. The van der Waals surface area contributed by atoms with Crippen molar-refractivity contribution in [3.63, 3.8) is 0 Å². The second kappa shape index (κ2) is 7.93. The Labute approximate surface area is 105 Å². The smallest absolute Gasteiger partial charge is 0.339 e. The highest BCUT2D eigenvalue weighted by atomic mass is 17.2. The van der Waals surface area contributed by atoms with Crippen LogP contribution < -0.4 is 0 Å². The highest BCUT2D eigenvalue weighted by molar-refractivity contribution is 5.85. The van der Waals surface area contributed by atoms with Gasteiger partial charge in [0.15, 0.2) is 11.9 Å². The minimum absolute atomic E-state index is 0.143. The number of carbonyl (C=O) groups is 2. The van der Waals surface area contributed by atoms with Gasteiger partial charge in [-0.15, -0.1) is 6.58 Å². The van der Waals surface area contributed by atoms with Crippen LogP contribution >= 0.6 is 0 Å². The van der Waals surface area contributed by atoms with E-state index in [1.807, 2.05) is 0 Å². The molecule has 0 rings (SSSR count). The maximum Gasteiger partial charge on any atom is 0.339 e. The van der Waals surface area contributed by atoms with Crippen LogP contribution in [0.1, 0.15) is 20.3 Å². The summed E-state index contributed by atoms with van der Waals surface area (Å²) in [5.41, 5.74) is 0. The molecule has 4 atom stereocenters. The molecular weight excluding hydrogens is 244 g/mol. The molecule has 0 fully saturated rings. The molecule has 0 aromatic rings. The lowest BCUT2D eigenvalue weighted by atomic mass is 9.99. The Morgan fingerprint density at radius 2 is 1.83 bits per heavy atom. The Morgan fingerprint density at radius 3 is 2.22 bits per heavy atom. The summed E-state index contributed by atoms with van der Waals surface area (Å²) in [7, 11) is 0. The highest BCUT2D eigenvalue weighted by Gasteiger charge is 2.36. The van der Waals surface area contributed by atoms with Crippen LogP contribution in [-0.4, -0.2) is 51.5 Å². The number of allylic oxidation sites excluding steroid dienone is 1. The third kappa shape index (κ3) is 5.37. The monoisotopic (exact) mass is 262 g/mol. The fourth-order valence-corrected chi connectivity index (χ4v) is 1.14. The fourth-order valence-electron chi connectivity index (χ4n) is 1.14. The minimum Gasteiger partial charge on any atom is -0.391 e. The largest absolute Gasteiger partial charge is 0.391 e. The summed E-state index contributed by atoms with van der Waals surface area (Å²) in [4.78, 5) is 30.8. The van der Waals surface area contributed by atoms with Crippen molar-refractivity contribution in [3.8, 4) is 0 Å².